The summed E-state index contributed by atoms with van der Waals surface area (Å²) >= 11 is 1.16. The predicted molar refractivity (Wildman–Crippen MR) is 89.6 cm³/mol. The summed E-state index contributed by atoms with van der Waals surface area (Å²) in [5.41, 5.74) is 10.2. The molecule has 0 spiro atoms. The van der Waals surface area contributed by atoms with Crippen LogP contribution in [-0.2, 0) is 27.3 Å². The number of nitrogens with one attached hydrogen (secondary N) is 1. The lowest BCUT2D eigenvalue weighted by atomic mass is 10.2. The summed E-state index contributed by atoms with van der Waals surface area (Å²) in [6.45, 7) is 2.88. The molecule has 0 bridgehead atoms. The van der Waals surface area contributed by atoms with E-state index >= 15 is 0 Å². The van der Waals surface area contributed by atoms with E-state index < -0.39 is 23.1 Å². The highest BCUT2D eigenvalue weighted by molar-refractivity contribution is 8.00. The van der Waals surface area contributed by atoms with E-state index in [1.54, 1.807) is 6.92 Å². The summed E-state index contributed by atoms with van der Waals surface area (Å²) in [4.78, 5) is 33.7. The first kappa shape index (κ1) is 19.2. The minimum atomic E-state index is -0.902. The highest BCUT2D eigenvalue weighted by Gasteiger charge is 2.24. The van der Waals surface area contributed by atoms with Gasteiger partial charge in [0.25, 0.3) is 0 Å². The SMILES string of the molecule is CC(Sc1nnc(CCC(N)=O)n1CC1CCCO1)C(=O)NC(N)=O. The molecule has 1 aliphatic heterocycles. The summed E-state index contributed by atoms with van der Waals surface area (Å²) in [6.07, 6.45) is 2.47. The largest absolute Gasteiger partial charge is 0.376 e. The average molecular weight is 370 g/mol. The van der Waals surface area contributed by atoms with Gasteiger partial charge in [0.05, 0.1) is 17.9 Å². The number of ether oxygens (including phenoxy) is 1. The van der Waals surface area contributed by atoms with E-state index in [0.29, 0.717) is 30.6 Å². The number of aromatic nitrogens is 3. The van der Waals surface area contributed by atoms with Crippen LogP contribution in [-0.4, -0.2) is 50.6 Å². The Balaban J connectivity index is 2.13. The molecule has 1 aliphatic rings. The smallest absolute Gasteiger partial charge is 0.318 e. The summed E-state index contributed by atoms with van der Waals surface area (Å²) < 4.78 is 7.49. The molecule has 1 fully saturated rings. The number of hydrogen-bond donors (Lipinski definition) is 3. The zero-order chi connectivity index (χ0) is 18.4. The molecule has 2 atom stereocenters. The molecule has 2 unspecified atom stereocenters. The van der Waals surface area contributed by atoms with Crippen molar-refractivity contribution >= 4 is 29.6 Å². The number of imide groups is 1. The summed E-state index contributed by atoms with van der Waals surface area (Å²) in [6, 6.07) is -0.902. The number of urea groups is 1. The van der Waals surface area contributed by atoms with Gasteiger partial charge in [-0.3, -0.25) is 14.9 Å². The molecule has 1 saturated heterocycles. The summed E-state index contributed by atoms with van der Waals surface area (Å²) in [7, 11) is 0. The van der Waals surface area contributed by atoms with E-state index in [2.05, 4.69) is 10.2 Å². The molecular weight excluding hydrogens is 348 g/mol. The number of aryl methyl sites for hydroxylation is 1. The Morgan fingerprint density at radius 3 is 2.76 bits per heavy atom. The van der Waals surface area contributed by atoms with Crippen molar-refractivity contribution in [3.63, 3.8) is 0 Å². The first-order valence-corrected chi connectivity index (χ1v) is 8.83. The third kappa shape index (κ3) is 5.71. The number of amides is 4. The summed E-state index contributed by atoms with van der Waals surface area (Å²) in [5.74, 6) is -0.322. The lowest BCUT2D eigenvalue weighted by Gasteiger charge is -2.16. The predicted octanol–water partition coefficient (Wildman–Crippen LogP) is -0.449. The van der Waals surface area contributed by atoms with Crippen molar-refractivity contribution in [3.8, 4) is 0 Å². The van der Waals surface area contributed by atoms with Gasteiger partial charge in [0.2, 0.25) is 11.8 Å². The number of rotatable bonds is 8. The van der Waals surface area contributed by atoms with Gasteiger partial charge in [-0.1, -0.05) is 11.8 Å². The van der Waals surface area contributed by atoms with Gasteiger partial charge in [-0.15, -0.1) is 10.2 Å². The van der Waals surface area contributed by atoms with Gasteiger partial charge in [-0.25, -0.2) is 4.79 Å². The fraction of sp³-hybridized carbons (Fsp3) is 0.643. The van der Waals surface area contributed by atoms with Crippen molar-refractivity contribution in [1.82, 2.24) is 20.1 Å². The van der Waals surface area contributed by atoms with Crippen LogP contribution in [0.25, 0.3) is 0 Å². The van der Waals surface area contributed by atoms with E-state index in [0.717, 1.165) is 24.6 Å². The number of primary amides is 2. The number of hydrogen-bond acceptors (Lipinski definition) is 7. The highest BCUT2D eigenvalue weighted by Crippen LogP contribution is 2.25. The van der Waals surface area contributed by atoms with Gasteiger partial charge in [-0.05, 0) is 19.8 Å². The number of carbonyl (C=O) groups excluding carboxylic acids is 3. The third-order valence-electron chi connectivity index (χ3n) is 3.70. The molecule has 0 saturated carbocycles. The maximum absolute atomic E-state index is 11.9. The Hall–Kier alpha value is -2.14. The lowest BCUT2D eigenvalue weighted by molar-refractivity contribution is -0.119. The lowest BCUT2D eigenvalue weighted by Crippen LogP contribution is -2.39. The van der Waals surface area contributed by atoms with Crippen LogP contribution in [0.5, 0.6) is 0 Å². The Morgan fingerprint density at radius 2 is 2.16 bits per heavy atom. The molecule has 0 radical (unpaired) electrons. The highest BCUT2D eigenvalue weighted by atomic mass is 32.2. The second-order valence-corrected chi connectivity index (χ2v) is 7.03. The van der Waals surface area contributed by atoms with Gasteiger partial charge < -0.3 is 20.8 Å². The molecule has 0 aliphatic carbocycles. The zero-order valence-corrected chi connectivity index (χ0v) is 14.8. The second kappa shape index (κ2) is 8.81. The Labute approximate surface area is 149 Å². The van der Waals surface area contributed by atoms with E-state index in [4.69, 9.17) is 16.2 Å². The molecule has 2 heterocycles. The van der Waals surface area contributed by atoms with Crippen molar-refractivity contribution in [3.05, 3.63) is 5.82 Å². The van der Waals surface area contributed by atoms with Crippen LogP contribution in [0.1, 0.15) is 32.0 Å². The van der Waals surface area contributed by atoms with Crippen LogP contribution >= 0.6 is 11.8 Å². The third-order valence-corrected chi connectivity index (χ3v) is 4.78. The van der Waals surface area contributed by atoms with Crippen LogP contribution in [0.2, 0.25) is 0 Å². The number of thioether (sulfide) groups is 1. The second-order valence-electron chi connectivity index (χ2n) is 5.72. The van der Waals surface area contributed by atoms with Crippen molar-refractivity contribution in [2.24, 2.45) is 11.5 Å². The topological polar surface area (TPSA) is 155 Å². The average Bonchev–Trinajstić information content (AvgIpc) is 3.16. The van der Waals surface area contributed by atoms with E-state index in [1.807, 2.05) is 9.88 Å². The van der Waals surface area contributed by atoms with Gasteiger partial charge in [-0.2, -0.15) is 0 Å². The molecule has 11 heteroatoms. The van der Waals surface area contributed by atoms with Crippen molar-refractivity contribution in [2.75, 3.05) is 6.61 Å². The Bertz CT molecular complexity index is 643. The minimum Gasteiger partial charge on any atom is -0.376 e. The molecular formula is C14H22N6O4S. The number of nitrogens with two attached hydrogens (primary N) is 2. The van der Waals surface area contributed by atoms with Crippen molar-refractivity contribution < 1.29 is 19.1 Å². The fourth-order valence-corrected chi connectivity index (χ4v) is 3.31. The van der Waals surface area contributed by atoms with Gasteiger partial charge in [0.1, 0.15) is 5.82 Å². The minimum absolute atomic E-state index is 0.0393. The summed E-state index contributed by atoms with van der Waals surface area (Å²) in [5, 5.41) is 10.2. The maximum atomic E-state index is 11.9. The first-order chi connectivity index (χ1) is 11.9. The van der Waals surface area contributed by atoms with Gasteiger partial charge in [0.15, 0.2) is 5.16 Å². The number of carbonyl (C=O) groups is 3. The van der Waals surface area contributed by atoms with E-state index in [1.165, 1.54) is 0 Å². The number of nitrogens with zero attached hydrogens (tertiary/aromatic N) is 3. The van der Waals surface area contributed by atoms with Crippen LogP contribution < -0.4 is 16.8 Å². The maximum Gasteiger partial charge on any atom is 0.318 e. The molecule has 4 amide bonds. The quantitative estimate of drug-likeness (QED) is 0.523. The van der Waals surface area contributed by atoms with Crippen LogP contribution in [0.4, 0.5) is 4.79 Å². The van der Waals surface area contributed by atoms with E-state index in [9.17, 15) is 14.4 Å². The Morgan fingerprint density at radius 1 is 1.40 bits per heavy atom. The molecule has 2 rings (SSSR count). The molecule has 1 aromatic rings. The fourth-order valence-electron chi connectivity index (χ4n) is 2.44. The monoisotopic (exact) mass is 370 g/mol. The molecule has 138 valence electrons. The standard InChI is InChI=1S/C14H22N6O4S/c1-8(12(22)17-13(16)23)25-14-19-18-11(5-4-10(15)21)20(14)7-9-3-2-6-24-9/h8-9H,2-7H2,1H3,(H2,15,21)(H3,16,17,22,23). The van der Waals surface area contributed by atoms with Crippen LogP contribution in [0, 0.1) is 0 Å². The molecule has 1 aromatic heterocycles. The van der Waals surface area contributed by atoms with E-state index in [-0.39, 0.29) is 12.5 Å². The van der Waals surface area contributed by atoms with Crippen molar-refractivity contribution in [1.29, 1.82) is 0 Å². The first-order valence-electron chi connectivity index (χ1n) is 7.95. The normalized spacial score (nSPS) is 18.0. The Kier molecular flexibility index (Phi) is 6.76. The molecule has 0 aromatic carbocycles. The molecule has 25 heavy (non-hydrogen) atoms. The van der Waals surface area contributed by atoms with Crippen LogP contribution in [0.3, 0.4) is 0 Å². The molecule has 5 N–H and O–H groups in total. The molecule has 10 nitrogen and oxygen atoms in total. The van der Waals surface area contributed by atoms with Crippen LogP contribution in [0.15, 0.2) is 5.16 Å². The van der Waals surface area contributed by atoms with Gasteiger partial charge in [0, 0.05) is 19.4 Å². The van der Waals surface area contributed by atoms with Gasteiger partial charge >= 0.3 is 6.03 Å². The zero-order valence-electron chi connectivity index (χ0n) is 13.9. The van der Waals surface area contributed by atoms with Crippen molar-refractivity contribution in [2.45, 2.75) is 55.7 Å².